The second kappa shape index (κ2) is 9.58. The van der Waals surface area contributed by atoms with E-state index in [9.17, 15) is 13.2 Å². The van der Waals surface area contributed by atoms with Crippen LogP contribution in [0.2, 0.25) is 5.02 Å². The van der Waals surface area contributed by atoms with Crippen molar-refractivity contribution in [2.24, 2.45) is 5.92 Å². The molecule has 0 spiro atoms. The summed E-state index contributed by atoms with van der Waals surface area (Å²) in [4.78, 5) is 18.5. The summed E-state index contributed by atoms with van der Waals surface area (Å²) in [6.45, 7) is 3.95. The number of benzene rings is 3. The minimum Gasteiger partial charge on any atom is -0.399 e. The number of hydrogen-bond acceptors (Lipinski definition) is 5. The van der Waals surface area contributed by atoms with E-state index < -0.39 is 16.1 Å². The summed E-state index contributed by atoms with van der Waals surface area (Å²) < 4.78 is 30.7. The topological polar surface area (TPSA) is 107 Å². The lowest BCUT2D eigenvalue weighted by Gasteiger charge is -2.24. The first-order valence-corrected chi connectivity index (χ1v) is 12.7. The molecule has 0 aliphatic rings. The van der Waals surface area contributed by atoms with Gasteiger partial charge in [0.25, 0.3) is 5.56 Å². The minimum absolute atomic E-state index is 0.0721. The maximum absolute atomic E-state index is 13.6. The third-order valence-corrected chi connectivity index (χ3v) is 7.21. The molecule has 0 bridgehead atoms. The zero-order valence-electron chi connectivity index (χ0n) is 18.8. The summed E-state index contributed by atoms with van der Waals surface area (Å²) in [5, 5.41) is 0.767. The van der Waals surface area contributed by atoms with Gasteiger partial charge in [0.2, 0.25) is 10.0 Å². The van der Waals surface area contributed by atoms with E-state index in [0.29, 0.717) is 33.7 Å². The Bertz CT molecular complexity index is 1500. The van der Waals surface area contributed by atoms with Gasteiger partial charge < -0.3 is 5.73 Å². The fourth-order valence-corrected chi connectivity index (χ4v) is 5.26. The van der Waals surface area contributed by atoms with Gasteiger partial charge in [-0.05, 0) is 60.9 Å². The number of fused-ring (bicyclic) bond motifs is 1. The molecule has 34 heavy (non-hydrogen) atoms. The molecule has 0 saturated carbocycles. The van der Waals surface area contributed by atoms with Gasteiger partial charge in [0.05, 0.1) is 32.6 Å². The van der Waals surface area contributed by atoms with Crippen molar-refractivity contribution < 1.29 is 8.42 Å². The van der Waals surface area contributed by atoms with Crippen LogP contribution in [0.25, 0.3) is 16.6 Å². The molecule has 0 amide bonds. The number of halogens is 1. The number of nitrogens with two attached hydrogens (primary N) is 1. The normalized spacial score (nSPS) is 12.8. The molecular formula is C25H25ClN4O3S. The summed E-state index contributed by atoms with van der Waals surface area (Å²) in [5.41, 5.74) is 6.77. The number of anilines is 1. The fraction of sp³-hybridized carbons (Fsp3) is 0.200. The van der Waals surface area contributed by atoms with Crippen molar-refractivity contribution in [1.82, 2.24) is 14.3 Å². The zero-order valence-corrected chi connectivity index (χ0v) is 20.3. The second-order valence-corrected chi connectivity index (χ2v) is 10.6. The number of para-hydroxylation sites is 2. The second-order valence-electron chi connectivity index (χ2n) is 8.45. The van der Waals surface area contributed by atoms with Crippen molar-refractivity contribution in [3.05, 3.63) is 94.0 Å². The van der Waals surface area contributed by atoms with Crippen LogP contribution < -0.4 is 16.0 Å². The molecule has 4 aromatic rings. The van der Waals surface area contributed by atoms with Crippen LogP contribution >= 0.6 is 11.6 Å². The number of sulfonamides is 1. The molecule has 0 saturated heterocycles. The van der Waals surface area contributed by atoms with Crippen molar-refractivity contribution in [2.45, 2.75) is 31.2 Å². The summed E-state index contributed by atoms with van der Waals surface area (Å²) in [5.74, 6) is 0.367. The smallest absolute Gasteiger partial charge is 0.266 e. The summed E-state index contributed by atoms with van der Waals surface area (Å²) in [6, 6.07) is 19.0. The highest BCUT2D eigenvalue weighted by molar-refractivity contribution is 7.89. The van der Waals surface area contributed by atoms with Crippen LogP contribution in [0.5, 0.6) is 0 Å². The van der Waals surface area contributed by atoms with E-state index >= 15 is 0 Å². The van der Waals surface area contributed by atoms with Gasteiger partial charge in [-0.15, -0.1) is 0 Å². The zero-order chi connectivity index (χ0) is 24.5. The lowest BCUT2D eigenvalue weighted by molar-refractivity contribution is 0.450. The quantitative estimate of drug-likeness (QED) is 0.361. The van der Waals surface area contributed by atoms with Crippen molar-refractivity contribution in [3.63, 3.8) is 0 Å². The summed E-state index contributed by atoms with van der Waals surface area (Å²) in [6.07, 6.45) is 0.406. The molecule has 3 aromatic carbocycles. The van der Waals surface area contributed by atoms with Crippen LogP contribution in [0.4, 0.5) is 5.69 Å². The largest absolute Gasteiger partial charge is 0.399 e. The molecule has 1 atom stereocenters. The van der Waals surface area contributed by atoms with E-state index in [4.69, 9.17) is 22.3 Å². The van der Waals surface area contributed by atoms with E-state index in [1.807, 2.05) is 13.8 Å². The Hall–Kier alpha value is -3.20. The van der Waals surface area contributed by atoms with Gasteiger partial charge in [0.15, 0.2) is 0 Å². The minimum atomic E-state index is -3.94. The Morgan fingerprint density at radius 1 is 1.00 bits per heavy atom. The number of aromatic nitrogens is 2. The van der Waals surface area contributed by atoms with Crippen molar-refractivity contribution in [3.8, 4) is 5.69 Å². The van der Waals surface area contributed by atoms with Crippen molar-refractivity contribution in [1.29, 1.82) is 0 Å². The van der Waals surface area contributed by atoms with E-state index in [1.165, 1.54) is 28.8 Å². The first-order chi connectivity index (χ1) is 16.2. The molecule has 176 valence electrons. The molecule has 9 heteroatoms. The molecule has 1 heterocycles. The van der Waals surface area contributed by atoms with Crippen molar-refractivity contribution >= 4 is 38.2 Å². The Morgan fingerprint density at radius 2 is 1.65 bits per heavy atom. The molecule has 0 fully saturated rings. The molecule has 0 radical (unpaired) electrons. The maximum Gasteiger partial charge on any atom is 0.266 e. The van der Waals surface area contributed by atoms with Crippen LogP contribution in [-0.4, -0.2) is 18.0 Å². The third-order valence-electron chi connectivity index (χ3n) is 5.40. The number of hydrogen-bond donors (Lipinski definition) is 2. The van der Waals surface area contributed by atoms with E-state index in [2.05, 4.69) is 4.72 Å². The van der Waals surface area contributed by atoms with Gasteiger partial charge in [0.1, 0.15) is 5.82 Å². The molecule has 7 nitrogen and oxygen atoms in total. The highest BCUT2D eigenvalue weighted by atomic mass is 35.5. The van der Waals surface area contributed by atoms with Gasteiger partial charge in [-0.1, -0.05) is 49.7 Å². The molecule has 1 aromatic heterocycles. The molecule has 0 aliphatic carbocycles. The molecule has 0 aliphatic heterocycles. The Kier molecular flexibility index (Phi) is 6.74. The Morgan fingerprint density at radius 3 is 2.32 bits per heavy atom. The van der Waals surface area contributed by atoms with Gasteiger partial charge in [0, 0.05) is 5.69 Å². The third kappa shape index (κ3) is 4.84. The van der Waals surface area contributed by atoms with E-state index in [0.717, 1.165) is 0 Å². The highest BCUT2D eigenvalue weighted by Gasteiger charge is 2.28. The van der Waals surface area contributed by atoms with E-state index in [1.54, 1.807) is 48.5 Å². The SMILES string of the molecule is CC(C)CC(NS(=O)(=O)c1ccc(N)cc1)c1nc2ccccc2c(=O)n1-c1ccccc1Cl. The van der Waals surface area contributed by atoms with Gasteiger partial charge >= 0.3 is 0 Å². The Labute approximate surface area is 203 Å². The summed E-state index contributed by atoms with van der Waals surface area (Å²) in [7, 11) is -3.94. The molecule has 1 unspecified atom stereocenters. The number of nitrogen functional groups attached to an aromatic ring is 1. The number of nitrogens with one attached hydrogen (secondary N) is 1. The van der Waals surface area contributed by atoms with Crippen molar-refractivity contribution in [2.75, 3.05) is 5.73 Å². The molecular weight excluding hydrogens is 472 g/mol. The average molecular weight is 497 g/mol. The fourth-order valence-electron chi connectivity index (χ4n) is 3.83. The lowest BCUT2D eigenvalue weighted by atomic mass is 10.0. The number of rotatable bonds is 7. The van der Waals surface area contributed by atoms with Crippen LogP contribution in [-0.2, 0) is 10.0 Å². The van der Waals surface area contributed by atoms with Gasteiger partial charge in [-0.2, -0.15) is 0 Å². The van der Waals surface area contributed by atoms with Crippen LogP contribution in [0.1, 0.15) is 32.1 Å². The molecule has 4 rings (SSSR count). The highest BCUT2D eigenvalue weighted by Crippen LogP contribution is 2.28. The van der Waals surface area contributed by atoms with Gasteiger partial charge in [-0.25, -0.2) is 18.1 Å². The average Bonchev–Trinajstić information content (AvgIpc) is 2.79. The van der Waals surface area contributed by atoms with Gasteiger partial charge in [-0.3, -0.25) is 9.36 Å². The predicted octanol–water partition coefficient (Wildman–Crippen LogP) is 4.69. The standard InChI is InChI=1S/C25H25ClN4O3S/c1-16(2)15-22(29-34(32,33)18-13-11-17(27)12-14-18)24-28-21-9-5-3-7-19(21)25(31)30(24)23-10-6-4-8-20(23)26/h3-14,16,22,29H,15,27H2,1-2H3. The first kappa shape index (κ1) is 23.9. The summed E-state index contributed by atoms with van der Waals surface area (Å²) >= 11 is 6.47. The Balaban J connectivity index is 1.95. The monoisotopic (exact) mass is 496 g/mol. The first-order valence-electron chi connectivity index (χ1n) is 10.8. The lowest BCUT2D eigenvalue weighted by Crippen LogP contribution is -2.35. The van der Waals surface area contributed by atoms with Crippen LogP contribution in [0.3, 0.4) is 0 Å². The predicted molar refractivity (Wildman–Crippen MR) is 136 cm³/mol. The van der Waals surface area contributed by atoms with Crippen LogP contribution in [0.15, 0.2) is 82.5 Å². The molecule has 3 N–H and O–H groups in total. The maximum atomic E-state index is 13.6. The van der Waals surface area contributed by atoms with E-state index in [-0.39, 0.29) is 22.2 Å². The number of nitrogens with zero attached hydrogens (tertiary/aromatic N) is 2. The van der Waals surface area contributed by atoms with Crippen LogP contribution in [0, 0.1) is 5.92 Å².